The van der Waals surface area contributed by atoms with Crippen LogP contribution in [0.2, 0.25) is 0 Å². The molecule has 0 amide bonds. The highest BCUT2D eigenvalue weighted by atomic mass is 19.4. The molecule has 0 fully saturated rings. The Morgan fingerprint density at radius 2 is 1.59 bits per heavy atom. The summed E-state index contributed by atoms with van der Waals surface area (Å²) in [6.07, 6.45) is -1.60. The highest BCUT2D eigenvalue weighted by Gasteiger charge is 2.30. The van der Waals surface area contributed by atoms with Crippen molar-refractivity contribution in [1.82, 2.24) is 0 Å². The third-order valence-corrected chi connectivity index (χ3v) is 1.98. The summed E-state index contributed by atoms with van der Waals surface area (Å²) in [6.45, 7) is 6.07. The fourth-order valence-electron chi connectivity index (χ4n) is 1.24. The van der Waals surface area contributed by atoms with Crippen molar-refractivity contribution in [2.75, 3.05) is 0 Å². The average Bonchev–Trinajstić information content (AvgIpc) is 2.29. The van der Waals surface area contributed by atoms with Gasteiger partial charge in [0.25, 0.3) is 0 Å². The van der Waals surface area contributed by atoms with E-state index in [1.54, 1.807) is 12.1 Å². The fourth-order valence-corrected chi connectivity index (χ4v) is 1.24. The van der Waals surface area contributed by atoms with Crippen LogP contribution in [-0.4, -0.2) is 6.36 Å². The molecule has 0 saturated heterocycles. The minimum absolute atomic E-state index is 0.164. The topological polar surface area (TPSA) is 9.23 Å². The first-order chi connectivity index (χ1) is 8.01. The number of hydrogen-bond donors (Lipinski definition) is 0. The summed E-state index contributed by atoms with van der Waals surface area (Å²) in [4.78, 5) is 0. The van der Waals surface area contributed by atoms with Crippen molar-refractivity contribution in [2.45, 2.75) is 46.4 Å². The number of rotatable bonds is 4. The molecular formula is C13H19F3O. The van der Waals surface area contributed by atoms with Gasteiger partial charge in [-0.1, -0.05) is 39.3 Å². The van der Waals surface area contributed by atoms with Gasteiger partial charge in [0.05, 0.1) is 0 Å². The Hall–Kier alpha value is -1.19. The number of halogens is 3. The van der Waals surface area contributed by atoms with Crippen molar-refractivity contribution in [1.29, 1.82) is 0 Å². The fraction of sp³-hybridized carbons (Fsp3) is 0.538. The minimum atomic E-state index is -4.61. The maximum atomic E-state index is 11.8. The van der Waals surface area contributed by atoms with Crippen LogP contribution in [-0.2, 0) is 6.42 Å². The molecule has 1 nitrogen and oxygen atoms in total. The lowest BCUT2D eigenvalue weighted by atomic mass is 10.1. The van der Waals surface area contributed by atoms with Gasteiger partial charge in [-0.2, -0.15) is 0 Å². The van der Waals surface area contributed by atoms with E-state index < -0.39 is 6.36 Å². The Morgan fingerprint density at radius 3 is 2.00 bits per heavy atom. The summed E-state index contributed by atoms with van der Waals surface area (Å²) in [5, 5.41) is 0. The van der Waals surface area contributed by atoms with E-state index in [1.165, 1.54) is 12.1 Å². The zero-order chi connectivity index (χ0) is 13.3. The molecule has 0 saturated carbocycles. The molecule has 0 radical (unpaired) electrons. The molecule has 1 aromatic carbocycles. The Morgan fingerprint density at radius 1 is 1.06 bits per heavy atom. The average molecular weight is 248 g/mol. The maximum Gasteiger partial charge on any atom is 0.573 e. The first-order valence-electron chi connectivity index (χ1n) is 5.86. The van der Waals surface area contributed by atoms with E-state index >= 15 is 0 Å². The van der Waals surface area contributed by atoms with Crippen molar-refractivity contribution in [2.24, 2.45) is 0 Å². The first kappa shape index (κ1) is 15.8. The lowest BCUT2D eigenvalue weighted by molar-refractivity contribution is -0.274. The van der Waals surface area contributed by atoms with Gasteiger partial charge in [-0.15, -0.1) is 13.2 Å². The largest absolute Gasteiger partial charge is 0.573 e. The van der Waals surface area contributed by atoms with E-state index in [9.17, 15) is 13.2 Å². The molecule has 0 unspecified atom stereocenters. The van der Waals surface area contributed by atoms with Crippen molar-refractivity contribution in [3.63, 3.8) is 0 Å². The van der Waals surface area contributed by atoms with Crippen LogP contribution in [0.1, 0.15) is 39.2 Å². The molecule has 0 bridgehead atoms. The predicted octanol–water partition coefficient (Wildman–Crippen LogP) is 4.95. The van der Waals surface area contributed by atoms with Crippen LogP contribution in [0.25, 0.3) is 0 Å². The zero-order valence-electron chi connectivity index (χ0n) is 10.5. The molecule has 0 aliphatic heterocycles. The predicted molar refractivity (Wildman–Crippen MR) is 63.1 cm³/mol. The van der Waals surface area contributed by atoms with Crippen LogP contribution in [0.15, 0.2) is 24.3 Å². The van der Waals surface area contributed by atoms with E-state index in [-0.39, 0.29) is 5.75 Å². The maximum absolute atomic E-state index is 11.8. The van der Waals surface area contributed by atoms with Gasteiger partial charge in [0.2, 0.25) is 0 Å². The van der Waals surface area contributed by atoms with E-state index in [2.05, 4.69) is 11.7 Å². The quantitative estimate of drug-likeness (QED) is 0.732. The summed E-state index contributed by atoms with van der Waals surface area (Å²) in [7, 11) is 0. The molecule has 0 aliphatic carbocycles. The highest BCUT2D eigenvalue weighted by Crippen LogP contribution is 2.22. The zero-order valence-corrected chi connectivity index (χ0v) is 10.5. The summed E-state index contributed by atoms with van der Waals surface area (Å²) in [5.74, 6) is -0.164. The molecule has 0 aliphatic rings. The van der Waals surface area contributed by atoms with Crippen LogP contribution in [0.4, 0.5) is 13.2 Å². The Balaban J connectivity index is 0.00000121. The SMILES string of the molecule is CC.CCCCc1ccc(OC(F)(F)F)cc1. The second-order valence-corrected chi connectivity index (χ2v) is 3.30. The lowest BCUT2D eigenvalue weighted by Gasteiger charge is -2.09. The Labute approximate surface area is 101 Å². The van der Waals surface area contributed by atoms with E-state index in [1.807, 2.05) is 13.8 Å². The van der Waals surface area contributed by atoms with Crippen LogP contribution in [0.3, 0.4) is 0 Å². The Kier molecular flexibility index (Phi) is 7.42. The third-order valence-electron chi connectivity index (χ3n) is 1.98. The van der Waals surface area contributed by atoms with Gasteiger partial charge in [-0.3, -0.25) is 0 Å². The van der Waals surface area contributed by atoms with E-state index in [0.717, 1.165) is 24.8 Å². The standard InChI is InChI=1S/C11H13F3O.C2H6/c1-2-3-4-9-5-7-10(8-6-9)15-11(12,13)14;1-2/h5-8H,2-4H2,1H3;1-2H3. The normalized spacial score (nSPS) is 10.5. The van der Waals surface area contributed by atoms with Crippen molar-refractivity contribution in [3.05, 3.63) is 29.8 Å². The summed E-state index contributed by atoms with van der Waals surface area (Å²) >= 11 is 0. The van der Waals surface area contributed by atoms with Gasteiger partial charge < -0.3 is 4.74 Å². The molecule has 0 atom stereocenters. The molecule has 17 heavy (non-hydrogen) atoms. The Bertz CT molecular complexity index is 291. The molecular weight excluding hydrogens is 229 g/mol. The van der Waals surface area contributed by atoms with Crippen molar-refractivity contribution in [3.8, 4) is 5.75 Å². The summed E-state index contributed by atoms with van der Waals surface area (Å²) in [5.41, 5.74) is 1.03. The molecule has 1 rings (SSSR count). The van der Waals surface area contributed by atoms with Crippen LogP contribution >= 0.6 is 0 Å². The van der Waals surface area contributed by atoms with Crippen LogP contribution in [0.5, 0.6) is 5.75 Å². The summed E-state index contributed by atoms with van der Waals surface area (Å²) in [6, 6.07) is 6.02. The third kappa shape index (κ3) is 7.66. The van der Waals surface area contributed by atoms with Gasteiger partial charge in [-0.25, -0.2) is 0 Å². The van der Waals surface area contributed by atoms with Gasteiger partial charge in [-0.05, 0) is 30.5 Å². The van der Waals surface area contributed by atoms with Crippen LogP contribution in [0, 0.1) is 0 Å². The molecule has 0 heterocycles. The first-order valence-corrected chi connectivity index (χ1v) is 5.86. The monoisotopic (exact) mass is 248 g/mol. The highest BCUT2D eigenvalue weighted by molar-refractivity contribution is 5.27. The van der Waals surface area contributed by atoms with Gasteiger partial charge in [0.1, 0.15) is 5.75 Å². The second-order valence-electron chi connectivity index (χ2n) is 3.30. The molecule has 0 spiro atoms. The lowest BCUT2D eigenvalue weighted by Crippen LogP contribution is -2.17. The van der Waals surface area contributed by atoms with E-state index in [0.29, 0.717) is 0 Å². The minimum Gasteiger partial charge on any atom is -0.406 e. The number of hydrogen-bond acceptors (Lipinski definition) is 1. The molecule has 0 N–H and O–H groups in total. The smallest absolute Gasteiger partial charge is 0.406 e. The van der Waals surface area contributed by atoms with Crippen molar-refractivity contribution < 1.29 is 17.9 Å². The van der Waals surface area contributed by atoms with Crippen molar-refractivity contribution >= 4 is 0 Å². The number of alkyl halides is 3. The van der Waals surface area contributed by atoms with Gasteiger partial charge in [0.15, 0.2) is 0 Å². The number of ether oxygens (including phenoxy) is 1. The number of aryl methyl sites for hydroxylation is 1. The number of benzene rings is 1. The summed E-state index contributed by atoms with van der Waals surface area (Å²) < 4.78 is 39.2. The second kappa shape index (κ2) is 7.98. The molecule has 0 aromatic heterocycles. The van der Waals surface area contributed by atoms with E-state index in [4.69, 9.17) is 0 Å². The molecule has 4 heteroatoms. The van der Waals surface area contributed by atoms with Crippen LogP contribution < -0.4 is 4.74 Å². The van der Waals surface area contributed by atoms with Gasteiger partial charge in [0, 0.05) is 0 Å². The number of unbranched alkanes of at least 4 members (excludes halogenated alkanes) is 1. The molecule has 98 valence electrons. The molecule has 1 aromatic rings. The van der Waals surface area contributed by atoms with Gasteiger partial charge >= 0.3 is 6.36 Å².